The first-order chi connectivity index (χ1) is 7.79. The largest absolute Gasteiger partial charge is 0.503 e. The van der Waals surface area contributed by atoms with Gasteiger partial charge >= 0.3 is 6.18 Å². The number of phenols is 1. The Hall–Kier alpha value is -1.37. The second kappa shape index (κ2) is 5.31. The van der Waals surface area contributed by atoms with Crippen LogP contribution in [-0.2, 0) is 6.54 Å². The number of hydrogen-bond donors (Lipinski definition) is 2. The summed E-state index contributed by atoms with van der Waals surface area (Å²) < 4.78 is 61.0. The van der Waals surface area contributed by atoms with Crippen LogP contribution in [-0.4, -0.2) is 17.8 Å². The monoisotopic (exact) mass is 255 g/mol. The zero-order valence-corrected chi connectivity index (χ0v) is 8.61. The summed E-state index contributed by atoms with van der Waals surface area (Å²) in [7, 11) is 0. The van der Waals surface area contributed by atoms with E-state index in [4.69, 9.17) is 5.11 Å². The molecule has 2 N–H and O–H groups in total. The second-order valence-corrected chi connectivity index (χ2v) is 3.45. The number of alkyl halides is 3. The lowest BCUT2D eigenvalue weighted by Gasteiger charge is -2.08. The third-order valence-corrected chi connectivity index (χ3v) is 1.99. The molecule has 0 saturated heterocycles. The number of hydrogen-bond acceptors (Lipinski definition) is 2. The Kier molecular flexibility index (Phi) is 4.28. The topological polar surface area (TPSA) is 32.3 Å². The molecule has 0 heterocycles. The van der Waals surface area contributed by atoms with Crippen molar-refractivity contribution in [3.63, 3.8) is 0 Å². The van der Waals surface area contributed by atoms with Crippen LogP contribution in [0, 0.1) is 11.6 Å². The van der Waals surface area contributed by atoms with E-state index in [0.29, 0.717) is 0 Å². The maximum atomic E-state index is 12.8. The fraction of sp³-hybridized carbons (Fsp3) is 0.400. The summed E-state index contributed by atoms with van der Waals surface area (Å²) in [6, 6.07) is 1.72. The third-order valence-electron chi connectivity index (χ3n) is 1.99. The van der Waals surface area contributed by atoms with E-state index in [9.17, 15) is 22.0 Å². The normalized spacial score (nSPS) is 11.8. The summed E-state index contributed by atoms with van der Waals surface area (Å²) in [5.74, 6) is -3.38. The first-order valence-electron chi connectivity index (χ1n) is 4.74. The molecule has 0 unspecified atom stereocenters. The molecule has 0 radical (unpaired) electrons. The Morgan fingerprint density at radius 1 is 1.12 bits per heavy atom. The molecule has 0 aliphatic heterocycles. The van der Waals surface area contributed by atoms with Gasteiger partial charge in [0.1, 0.15) is 0 Å². The van der Waals surface area contributed by atoms with Crippen molar-refractivity contribution in [2.75, 3.05) is 6.54 Å². The molecule has 0 fully saturated rings. The fourth-order valence-corrected chi connectivity index (χ4v) is 1.18. The van der Waals surface area contributed by atoms with E-state index in [0.717, 1.165) is 12.1 Å². The summed E-state index contributed by atoms with van der Waals surface area (Å²) in [5, 5.41) is 11.2. The summed E-state index contributed by atoms with van der Waals surface area (Å²) in [6.45, 7) is -0.447. The molecule has 7 heteroatoms. The lowest BCUT2D eigenvalue weighted by molar-refractivity contribution is -0.133. The molecule has 0 spiro atoms. The van der Waals surface area contributed by atoms with Crippen molar-refractivity contribution in [3.8, 4) is 5.75 Å². The highest BCUT2D eigenvalue weighted by Crippen LogP contribution is 2.21. The van der Waals surface area contributed by atoms with Crippen LogP contribution in [0.15, 0.2) is 12.1 Å². The van der Waals surface area contributed by atoms with Crippen LogP contribution >= 0.6 is 0 Å². The van der Waals surface area contributed by atoms with Gasteiger partial charge in [0, 0.05) is 13.1 Å². The number of nitrogens with one attached hydrogen (secondary N) is 1. The molecule has 0 bridgehead atoms. The van der Waals surface area contributed by atoms with E-state index in [1.807, 2.05) is 0 Å². The molecule has 2 nitrogen and oxygen atoms in total. The molecule has 0 atom stereocenters. The summed E-state index contributed by atoms with van der Waals surface area (Å²) >= 11 is 0. The number of rotatable bonds is 4. The van der Waals surface area contributed by atoms with E-state index in [1.165, 1.54) is 0 Å². The zero-order valence-electron chi connectivity index (χ0n) is 8.61. The predicted molar refractivity (Wildman–Crippen MR) is 50.4 cm³/mol. The van der Waals surface area contributed by atoms with E-state index >= 15 is 0 Å². The highest BCUT2D eigenvalue weighted by atomic mass is 19.4. The molecule has 0 aliphatic carbocycles. The van der Waals surface area contributed by atoms with Gasteiger partial charge in [0.05, 0.1) is 6.42 Å². The van der Waals surface area contributed by atoms with Crippen molar-refractivity contribution < 1.29 is 27.1 Å². The number of benzene rings is 1. The van der Waals surface area contributed by atoms with Crippen LogP contribution in [0.5, 0.6) is 5.75 Å². The second-order valence-electron chi connectivity index (χ2n) is 3.45. The van der Waals surface area contributed by atoms with Crippen LogP contribution < -0.4 is 5.32 Å². The summed E-state index contributed by atoms with van der Waals surface area (Å²) in [6.07, 6.45) is -5.28. The fourth-order valence-electron chi connectivity index (χ4n) is 1.18. The lowest BCUT2D eigenvalue weighted by atomic mass is 10.2. The van der Waals surface area contributed by atoms with Crippen molar-refractivity contribution in [1.82, 2.24) is 5.32 Å². The highest BCUT2D eigenvalue weighted by molar-refractivity contribution is 5.29. The van der Waals surface area contributed by atoms with E-state index in [-0.39, 0.29) is 18.7 Å². The molecule has 1 aromatic carbocycles. The Morgan fingerprint density at radius 3 is 2.12 bits per heavy atom. The Bertz CT molecular complexity index is 368. The van der Waals surface area contributed by atoms with Gasteiger partial charge in [0.25, 0.3) is 0 Å². The molecular formula is C10H10F5NO. The van der Waals surface area contributed by atoms with E-state index in [2.05, 4.69) is 5.32 Å². The highest BCUT2D eigenvalue weighted by Gasteiger charge is 2.25. The van der Waals surface area contributed by atoms with Gasteiger partial charge in [-0.1, -0.05) is 0 Å². The van der Waals surface area contributed by atoms with Gasteiger partial charge in [0.2, 0.25) is 0 Å². The third kappa shape index (κ3) is 4.56. The van der Waals surface area contributed by atoms with Gasteiger partial charge in [-0.25, -0.2) is 8.78 Å². The standard InChI is InChI=1S/C10H10F5NO/c11-7-3-6(4-8(12)9(7)17)5-16-2-1-10(13,14)15/h3-4,16-17H,1-2,5H2. The van der Waals surface area contributed by atoms with E-state index < -0.39 is 30.0 Å². The van der Waals surface area contributed by atoms with Crippen LogP contribution in [0.3, 0.4) is 0 Å². The lowest BCUT2D eigenvalue weighted by Crippen LogP contribution is -2.21. The minimum Gasteiger partial charge on any atom is -0.503 e. The quantitative estimate of drug-likeness (QED) is 0.640. The zero-order chi connectivity index (χ0) is 13.1. The van der Waals surface area contributed by atoms with Gasteiger partial charge in [-0.3, -0.25) is 0 Å². The van der Waals surface area contributed by atoms with Crippen LogP contribution in [0.25, 0.3) is 0 Å². The number of halogens is 5. The summed E-state index contributed by atoms with van der Waals surface area (Å²) in [4.78, 5) is 0. The number of aromatic hydroxyl groups is 1. The van der Waals surface area contributed by atoms with Gasteiger partial charge in [0.15, 0.2) is 17.4 Å². The van der Waals surface area contributed by atoms with Gasteiger partial charge < -0.3 is 10.4 Å². The molecule has 0 saturated carbocycles. The van der Waals surface area contributed by atoms with Crippen molar-refractivity contribution in [3.05, 3.63) is 29.3 Å². The molecule has 1 rings (SSSR count). The smallest absolute Gasteiger partial charge is 0.390 e. The Labute approximate surface area is 94.1 Å². The molecular weight excluding hydrogens is 245 g/mol. The minimum absolute atomic E-state index is 0.107. The average Bonchev–Trinajstić information content (AvgIpc) is 2.19. The molecule has 96 valence electrons. The van der Waals surface area contributed by atoms with Crippen molar-refractivity contribution in [2.24, 2.45) is 0 Å². The average molecular weight is 255 g/mol. The van der Waals surface area contributed by atoms with Crippen LogP contribution in [0.4, 0.5) is 22.0 Å². The molecule has 1 aromatic rings. The van der Waals surface area contributed by atoms with Crippen LogP contribution in [0.1, 0.15) is 12.0 Å². The Balaban J connectivity index is 2.48. The summed E-state index contributed by atoms with van der Waals surface area (Å²) in [5.41, 5.74) is 0.125. The molecule has 0 aromatic heterocycles. The minimum atomic E-state index is -4.27. The van der Waals surface area contributed by atoms with Crippen LogP contribution in [0.2, 0.25) is 0 Å². The first kappa shape index (κ1) is 13.7. The van der Waals surface area contributed by atoms with Crippen molar-refractivity contribution >= 4 is 0 Å². The van der Waals surface area contributed by atoms with E-state index in [1.54, 1.807) is 0 Å². The molecule has 0 aliphatic rings. The van der Waals surface area contributed by atoms with Gasteiger partial charge in [-0.05, 0) is 17.7 Å². The maximum absolute atomic E-state index is 12.8. The van der Waals surface area contributed by atoms with Crippen molar-refractivity contribution in [2.45, 2.75) is 19.1 Å². The van der Waals surface area contributed by atoms with Gasteiger partial charge in [-0.2, -0.15) is 13.2 Å². The Morgan fingerprint density at radius 2 is 1.65 bits per heavy atom. The number of phenolic OH excluding ortho intramolecular Hbond substituents is 1. The first-order valence-corrected chi connectivity index (χ1v) is 4.74. The van der Waals surface area contributed by atoms with Crippen molar-refractivity contribution in [1.29, 1.82) is 0 Å². The molecule has 0 amide bonds. The SMILES string of the molecule is Oc1c(F)cc(CNCCC(F)(F)F)cc1F. The predicted octanol–water partition coefficient (Wildman–Crippen LogP) is 2.71. The maximum Gasteiger partial charge on any atom is 0.390 e. The molecule has 17 heavy (non-hydrogen) atoms. The van der Waals surface area contributed by atoms with Gasteiger partial charge in [-0.15, -0.1) is 0 Å².